The van der Waals surface area contributed by atoms with Gasteiger partial charge in [0.15, 0.2) is 0 Å². The van der Waals surface area contributed by atoms with Gasteiger partial charge in [0.2, 0.25) is 11.8 Å². The summed E-state index contributed by atoms with van der Waals surface area (Å²) in [5, 5.41) is 10.2. The van der Waals surface area contributed by atoms with Crippen molar-refractivity contribution in [2.75, 3.05) is 31.2 Å². The van der Waals surface area contributed by atoms with Crippen molar-refractivity contribution in [3.63, 3.8) is 0 Å². The van der Waals surface area contributed by atoms with E-state index in [4.69, 9.17) is 9.47 Å². The summed E-state index contributed by atoms with van der Waals surface area (Å²) in [6.45, 7) is 12.6. The van der Waals surface area contributed by atoms with Gasteiger partial charge in [-0.25, -0.2) is 9.78 Å². The van der Waals surface area contributed by atoms with E-state index in [1.54, 1.807) is 0 Å². The molecule has 0 spiro atoms. The number of carboxylic acids is 1. The molecule has 2 saturated carbocycles. The van der Waals surface area contributed by atoms with E-state index in [0.29, 0.717) is 22.4 Å². The maximum Gasteiger partial charge on any atom is 0.348 e. The monoisotopic (exact) mass is 621 g/mol. The topological polar surface area (TPSA) is 92.2 Å². The highest BCUT2D eigenvalue weighted by atomic mass is 32.1. The summed E-state index contributed by atoms with van der Waals surface area (Å²) in [5.41, 5.74) is 1.47. The first kappa shape index (κ1) is 32.5. The number of nitrogens with zero attached hydrogens (tertiary/aromatic N) is 3. The Morgan fingerprint density at radius 2 is 1.80 bits per heavy atom. The Kier molecular flexibility index (Phi) is 10.7. The van der Waals surface area contributed by atoms with E-state index < -0.39 is 5.97 Å². The lowest BCUT2D eigenvalue weighted by Crippen LogP contribution is -2.47. The van der Waals surface area contributed by atoms with Crippen molar-refractivity contribution in [3.05, 3.63) is 39.7 Å². The fourth-order valence-electron chi connectivity index (χ4n) is 6.45. The Balaban J connectivity index is 1.32. The van der Waals surface area contributed by atoms with Crippen molar-refractivity contribution in [2.45, 2.75) is 97.8 Å². The van der Waals surface area contributed by atoms with Crippen LogP contribution in [0.1, 0.15) is 99.2 Å². The molecule has 3 aliphatic rings. The largest absolute Gasteiger partial charge is 0.477 e. The van der Waals surface area contributed by atoms with Gasteiger partial charge in [0, 0.05) is 49.3 Å². The molecule has 2 aromatic rings. The van der Waals surface area contributed by atoms with Gasteiger partial charge in [-0.15, -0.1) is 11.3 Å². The van der Waals surface area contributed by atoms with Crippen molar-refractivity contribution in [1.29, 1.82) is 0 Å². The van der Waals surface area contributed by atoms with Gasteiger partial charge in [-0.05, 0) is 95.8 Å². The molecule has 9 heteroatoms. The van der Waals surface area contributed by atoms with Crippen LogP contribution in [-0.2, 0) is 16.1 Å². The highest BCUT2D eigenvalue weighted by Crippen LogP contribution is 2.39. The van der Waals surface area contributed by atoms with E-state index >= 15 is 0 Å². The van der Waals surface area contributed by atoms with Crippen LogP contribution in [0.3, 0.4) is 0 Å². The van der Waals surface area contributed by atoms with E-state index in [-0.39, 0.29) is 34.3 Å². The molecule has 0 bridgehead atoms. The number of carbonyl (C=O) groups excluding carboxylic acids is 1. The number of pyridine rings is 1. The fourth-order valence-corrected chi connectivity index (χ4v) is 7.29. The number of ether oxygens (including phenoxy) is 2. The summed E-state index contributed by atoms with van der Waals surface area (Å²) in [5.74, 6) is 6.63. The summed E-state index contributed by atoms with van der Waals surface area (Å²) in [6.07, 6.45) is 8.60. The lowest BCUT2D eigenvalue weighted by Gasteiger charge is -2.39. The van der Waals surface area contributed by atoms with Gasteiger partial charge in [-0.1, -0.05) is 18.8 Å². The second kappa shape index (κ2) is 14.4. The molecule has 0 atom stereocenters. The second-order valence-electron chi connectivity index (χ2n) is 13.7. The van der Waals surface area contributed by atoms with Gasteiger partial charge in [-0.3, -0.25) is 9.69 Å². The summed E-state index contributed by atoms with van der Waals surface area (Å²) in [6, 6.07) is 5.82. The second-order valence-corrected chi connectivity index (χ2v) is 14.8. The Morgan fingerprint density at radius 1 is 1.09 bits per heavy atom. The quantitative estimate of drug-likeness (QED) is 0.331. The predicted molar refractivity (Wildman–Crippen MR) is 173 cm³/mol. The lowest BCUT2D eigenvalue weighted by atomic mass is 9.81. The molecule has 1 N–H and O–H groups in total. The van der Waals surface area contributed by atoms with Crippen LogP contribution in [0.2, 0.25) is 0 Å². The molecule has 0 aromatic carbocycles. The molecule has 1 aliphatic heterocycles. The van der Waals surface area contributed by atoms with Crippen LogP contribution in [0.25, 0.3) is 0 Å². The van der Waals surface area contributed by atoms with Crippen molar-refractivity contribution in [1.82, 2.24) is 9.88 Å². The first-order chi connectivity index (χ1) is 21.1. The van der Waals surface area contributed by atoms with Crippen LogP contribution < -0.4 is 9.64 Å². The van der Waals surface area contributed by atoms with Crippen LogP contribution in [0.15, 0.2) is 24.4 Å². The van der Waals surface area contributed by atoms with Crippen LogP contribution in [0.4, 0.5) is 5.69 Å². The average molecular weight is 622 g/mol. The van der Waals surface area contributed by atoms with E-state index in [1.165, 1.54) is 16.9 Å². The third-order valence-corrected chi connectivity index (χ3v) is 9.96. The van der Waals surface area contributed by atoms with Crippen LogP contribution in [0, 0.1) is 29.1 Å². The van der Waals surface area contributed by atoms with Gasteiger partial charge >= 0.3 is 5.97 Å². The average Bonchev–Trinajstić information content (AvgIpc) is 3.42. The molecule has 8 nitrogen and oxygen atoms in total. The molecular formula is C35H47N3O5S. The standard InChI is InChI=1S/C35H47N3O5S/c1-24-5-7-26(8-6-24)33(39)38(30-22-29(13-15-35(2,3)4)44-32(30)34(40)41)27-9-11-28(12-10-27)43-31-21-25(14-16-36-31)23-37-17-19-42-20-18-37/h14,16,21-22,24,26-28H,5-12,17-20,23H2,1-4H3,(H,40,41)/t24-,26-,27-,28-. The minimum absolute atomic E-state index is 0.000462. The zero-order chi connectivity index (χ0) is 31.3. The van der Waals surface area contributed by atoms with Crippen molar-refractivity contribution < 1.29 is 24.2 Å². The minimum Gasteiger partial charge on any atom is -0.477 e. The van der Waals surface area contributed by atoms with E-state index in [2.05, 4.69) is 28.6 Å². The first-order valence-corrected chi connectivity index (χ1v) is 17.0. The number of thiophene rings is 1. The number of aromatic nitrogens is 1. The molecule has 44 heavy (non-hydrogen) atoms. The van der Waals surface area contributed by atoms with E-state index in [9.17, 15) is 14.7 Å². The molecule has 1 saturated heterocycles. The maximum absolute atomic E-state index is 14.2. The third-order valence-electron chi connectivity index (χ3n) is 8.93. The smallest absolute Gasteiger partial charge is 0.348 e. The zero-order valence-corrected chi connectivity index (χ0v) is 27.5. The van der Waals surface area contributed by atoms with Crippen LogP contribution in [0.5, 0.6) is 5.88 Å². The summed E-state index contributed by atoms with van der Waals surface area (Å²) >= 11 is 1.17. The molecule has 0 radical (unpaired) electrons. The van der Waals surface area contributed by atoms with Crippen molar-refractivity contribution in [3.8, 4) is 17.7 Å². The molecule has 3 heterocycles. The highest BCUT2D eigenvalue weighted by Gasteiger charge is 2.38. The Morgan fingerprint density at radius 3 is 2.45 bits per heavy atom. The molecular weight excluding hydrogens is 574 g/mol. The zero-order valence-electron chi connectivity index (χ0n) is 26.6. The first-order valence-electron chi connectivity index (χ1n) is 16.2. The summed E-state index contributed by atoms with van der Waals surface area (Å²) in [7, 11) is 0. The van der Waals surface area contributed by atoms with Crippen molar-refractivity contribution in [2.24, 2.45) is 17.3 Å². The fraction of sp³-hybridized carbons (Fsp3) is 0.629. The maximum atomic E-state index is 14.2. The predicted octanol–water partition coefficient (Wildman–Crippen LogP) is 6.62. The summed E-state index contributed by atoms with van der Waals surface area (Å²) in [4.78, 5) is 36.3. The third kappa shape index (κ3) is 8.62. The van der Waals surface area contributed by atoms with Crippen LogP contribution >= 0.6 is 11.3 Å². The Hall–Kier alpha value is -2.93. The normalized spacial score (nSPS) is 24.6. The number of morpholine rings is 1. The number of amides is 1. The molecule has 2 aromatic heterocycles. The van der Waals surface area contributed by atoms with Gasteiger partial charge in [0.1, 0.15) is 11.0 Å². The molecule has 0 unspecified atom stereocenters. The van der Waals surface area contributed by atoms with Gasteiger partial charge in [0.25, 0.3) is 0 Å². The Labute approximate surface area is 266 Å². The number of hydrogen-bond acceptors (Lipinski definition) is 7. The van der Waals surface area contributed by atoms with Crippen molar-refractivity contribution >= 4 is 28.9 Å². The molecule has 3 fully saturated rings. The molecule has 238 valence electrons. The minimum atomic E-state index is -1.01. The van der Waals surface area contributed by atoms with Gasteiger partial charge in [-0.2, -0.15) is 0 Å². The number of hydrogen-bond donors (Lipinski definition) is 1. The molecule has 1 amide bonds. The van der Waals surface area contributed by atoms with Crippen LogP contribution in [-0.4, -0.2) is 65.3 Å². The number of carboxylic acid groups (broad SMARTS) is 1. The molecule has 2 aliphatic carbocycles. The number of rotatable bonds is 8. The number of carbonyl (C=O) groups is 2. The summed E-state index contributed by atoms with van der Waals surface area (Å²) < 4.78 is 11.8. The Bertz CT molecular complexity index is 1350. The van der Waals surface area contributed by atoms with E-state index in [1.807, 2.05) is 50.1 Å². The number of aromatic carboxylic acids is 1. The SMILES string of the molecule is CC(C)(C)C#Cc1cc(N(C(=O)[C@H]2CC[C@H](C)CC2)[C@H]2CC[C@H](Oc3cc(CN4CCOCC4)ccn3)CC2)c(C(=O)O)s1. The van der Waals surface area contributed by atoms with Gasteiger partial charge in [0.05, 0.1) is 23.8 Å². The van der Waals surface area contributed by atoms with E-state index in [0.717, 1.165) is 84.2 Å². The highest BCUT2D eigenvalue weighted by molar-refractivity contribution is 7.15. The molecule has 5 rings (SSSR count). The number of anilines is 1. The van der Waals surface area contributed by atoms with Gasteiger partial charge < -0.3 is 19.5 Å². The lowest BCUT2D eigenvalue weighted by molar-refractivity contribution is -0.124.